The number of nitrogens with one attached hydrogen (secondary N) is 1. The Balaban J connectivity index is 4.00. The van der Waals surface area contributed by atoms with E-state index in [9.17, 15) is 9.59 Å². The number of aliphatic carboxylic acids is 1. The maximum absolute atomic E-state index is 11.0. The summed E-state index contributed by atoms with van der Waals surface area (Å²) in [7, 11) is 0. The van der Waals surface area contributed by atoms with Crippen molar-refractivity contribution < 1.29 is 19.4 Å². The third-order valence-electron chi connectivity index (χ3n) is 1.99. The molecule has 0 fully saturated rings. The normalized spacial score (nSPS) is 12.2. The molecule has 1 amide bonds. The molecule has 0 aliphatic heterocycles. The summed E-state index contributed by atoms with van der Waals surface area (Å²) >= 11 is 5.20. The van der Waals surface area contributed by atoms with E-state index in [1.54, 1.807) is 0 Å². The first-order valence-corrected chi connectivity index (χ1v) is 5.67. The Morgan fingerprint density at radius 2 is 2.06 bits per heavy atom. The summed E-state index contributed by atoms with van der Waals surface area (Å²) in [5.74, 6) is -0.561. The van der Waals surface area contributed by atoms with Crippen molar-refractivity contribution in [3.63, 3.8) is 0 Å². The average molecular weight is 252 g/mol. The summed E-state index contributed by atoms with van der Waals surface area (Å²) in [6.45, 7) is 4.30. The van der Waals surface area contributed by atoms with Crippen molar-refractivity contribution in [3.8, 4) is 0 Å². The Morgan fingerprint density at radius 1 is 1.44 bits per heavy atom. The minimum absolute atomic E-state index is 0.0410. The number of carboxylic acid groups (broad SMARTS) is 1. The fourth-order valence-electron chi connectivity index (χ4n) is 1.48. The quantitative estimate of drug-likeness (QED) is 0.679. The Hall–Kier alpha value is -0.970. The molecule has 0 saturated carbocycles. The van der Waals surface area contributed by atoms with E-state index in [0.717, 1.165) is 6.42 Å². The molecule has 2 N–H and O–H groups in total. The van der Waals surface area contributed by atoms with Crippen LogP contribution < -0.4 is 5.32 Å². The largest absolute Gasteiger partial charge is 0.481 e. The number of halogens is 1. The van der Waals surface area contributed by atoms with Crippen molar-refractivity contribution >= 4 is 23.7 Å². The molecule has 0 saturated heterocycles. The van der Waals surface area contributed by atoms with Crippen LogP contribution in [0.2, 0.25) is 0 Å². The van der Waals surface area contributed by atoms with Gasteiger partial charge in [0.1, 0.15) is 0 Å². The lowest BCUT2D eigenvalue weighted by Crippen LogP contribution is -2.31. The zero-order valence-electron chi connectivity index (χ0n) is 9.53. The fraction of sp³-hybridized carbons (Fsp3) is 0.800. The fourth-order valence-corrected chi connectivity index (χ4v) is 1.58. The molecule has 0 bridgehead atoms. The first-order chi connectivity index (χ1) is 7.45. The first-order valence-electron chi connectivity index (χ1n) is 5.14. The highest BCUT2D eigenvalue weighted by atomic mass is 35.5. The summed E-state index contributed by atoms with van der Waals surface area (Å²) in [5, 5.41) is 11.2. The molecule has 6 heteroatoms. The zero-order chi connectivity index (χ0) is 12.6. The van der Waals surface area contributed by atoms with E-state index in [0.29, 0.717) is 12.5 Å². The van der Waals surface area contributed by atoms with Gasteiger partial charge in [-0.2, -0.15) is 0 Å². The smallest absolute Gasteiger partial charge is 0.408 e. The number of hydrogen-bond acceptors (Lipinski definition) is 3. The van der Waals surface area contributed by atoms with Gasteiger partial charge in [0.25, 0.3) is 0 Å². The van der Waals surface area contributed by atoms with Crippen LogP contribution >= 0.6 is 11.6 Å². The highest BCUT2D eigenvalue weighted by Gasteiger charge is 2.16. The van der Waals surface area contributed by atoms with Crippen molar-refractivity contribution in [3.05, 3.63) is 0 Å². The van der Waals surface area contributed by atoms with Gasteiger partial charge in [-0.1, -0.05) is 25.4 Å². The van der Waals surface area contributed by atoms with Crippen LogP contribution in [0.4, 0.5) is 4.79 Å². The molecule has 0 heterocycles. The average Bonchev–Trinajstić information content (AvgIpc) is 2.13. The number of alkyl halides is 1. The first kappa shape index (κ1) is 15.0. The van der Waals surface area contributed by atoms with Crippen LogP contribution in [0.25, 0.3) is 0 Å². The minimum Gasteiger partial charge on any atom is -0.481 e. The number of rotatable bonds is 7. The van der Waals surface area contributed by atoms with E-state index in [1.807, 2.05) is 13.8 Å². The van der Waals surface area contributed by atoms with E-state index in [1.165, 1.54) is 0 Å². The van der Waals surface area contributed by atoms with Gasteiger partial charge in [-0.3, -0.25) is 4.79 Å². The summed E-state index contributed by atoms with van der Waals surface area (Å²) < 4.78 is 4.47. The van der Waals surface area contributed by atoms with E-state index >= 15 is 0 Å². The van der Waals surface area contributed by atoms with E-state index in [4.69, 9.17) is 16.7 Å². The molecule has 0 aliphatic carbocycles. The molecule has 94 valence electrons. The minimum atomic E-state index is -0.863. The van der Waals surface area contributed by atoms with Crippen LogP contribution in [0.15, 0.2) is 0 Å². The summed E-state index contributed by atoms with van der Waals surface area (Å²) in [6, 6.07) is -0.209. The molecular formula is C10H18ClNO4. The second-order valence-electron chi connectivity index (χ2n) is 4.02. The lowest BCUT2D eigenvalue weighted by Gasteiger charge is -2.17. The molecule has 0 aliphatic rings. The molecule has 0 unspecified atom stereocenters. The molecule has 0 rings (SSSR count). The Morgan fingerprint density at radius 3 is 2.50 bits per heavy atom. The van der Waals surface area contributed by atoms with Gasteiger partial charge in [0.2, 0.25) is 0 Å². The van der Waals surface area contributed by atoms with Crippen LogP contribution in [0.3, 0.4) is 0 Å². The maximum Gasteiger partial charge on any atom is 0.408 e. The molecule has 0 spiro atoms. The number of carbonyl (C=O) groups excluding carboxylic acids is 1. The lowest BCUT2D eigenvalue weighted by atomic mass is 9.94. The predicted molar refractivity (Wildman–Crippen MR) is 60.4 cm³/mol. The number of carbonyl (C=O) groups is 2. The van der Waals surface area contributed by atoms with Gasteiger partial charge in [-0.05, 0) is 18.3 Å². The summed E-state index contributed by atoms with van der Waals surface area (Å²) in [6.07, 6.45) is 0.168. The van der Waals surface area contributed by atoms with Crippen LogP contribution in [-0.2, 0) is 9.53 Å². The van der Waals surface area contributed by atoms with Crippen molar-refractivity contribution in [2.75, 3.05) is 12.6 Å². The lowest BCUT2D eigenvalue weighted by molar-refractivity contribution is -0.138. The molecule has 0 aromatic heterocycles. The summed E-state index contributed by atoms with van der Waals surface area (Å²) in [4.78, 5) is 21.6. The highest BCUT2D eigenvalue weighted by molar-refractivity contribution is 6.17. The van der Waals surface area contributed by atoms with Crippen molar-refractivity contribution in [2.45, 2.75) is 26.7 Å². The van der Waals surface area contributed by atoms with Crippen molar-refractivity contribution in [1.29, 1.82) is 0 Å². The van der Waals surface area contributed by atoms with E-state index < -0.39 is 12.1 Å². The number of ether oxygens (including phenoxy) is 1. The van der Waals surface area contributed by atoms with Crippen LogP contribution in [-0.4, -0.2) is 29.8 Å². The van der Waals surface area contributed by atoms with Gasteiger partial charge in [-0.25, -0.2) is 4.79 Å². The highest BCUT2D eigenvalue weighted by Crippen LogP contribution is 2.14. The summed E-state index contributed by atoms with van der Waals surface area (Å²) in [5.41, 5.74) is 0. The monoisotopic (exact) mass is 251 g/mol. The van der Waals surface area contributed by atoms with Crippen LogP contribution in [0, 0.1) is 11.8 Å². The van der Waals surface area contributed by atoms with Crippen molar-refractivity contribution in [2.24, 2.45) is 11.8 Å². The third-order valence-corrected chi connectivity index (χ3v) is 2.10. The van der Waals surface area contributed by atoms with Crippen LogP contribution in [0.1, 0.15) is 26.7 Å². The Bertz CT molecular complexity index is 233. The molecule has 1 atom stereocenters. The molecule has 5 nitrogen and oxygen atoms in total. The topological polar surface area (TPSA) is 75.6 Å². The number of amides is 1. The molecule has 0 aromatic rings. The predicted octanol–water partition coefficient (Wildman–Crippen LogP) is 2.05. The second kappa shape index (κ2) is 8.21. The number of alkyl carbamates (subject to hydrolysis) is 1. The van der Waals surface area contributed by atoms with Gasteiger partial charge in [0.15, 0.2) is 6.07 Å². The molecule has 0 radical (unpaired) electrons. The number of hydrogen-bond donors (Lipinski definition) is 2. The third kappa shape index (κ3) is 8.35. The number of carboxylic acids is 1. The zero-order valence-corrected chi connectivity index (χ0v) is 10.3. The van der Waals surface area contributed by atoms with Gasteiger partial charge in [-0.15, -0.1) is 0 Å². The van der Waals surface area contributed by atoms with E-state index in [2.05, 4.69) is 10.1 Å². The van der Waals surface area contributed by atoms with Crippen LogP contribution in [0.5, 0.6) is 0 Å². The van der Waals surface area contributed by atoms with Gasteiger partial charge in [0, 0.05) is 13.0 Å². The van der Waals surface area contributed by atoms with Gasteiger partial charge < -0.3 is 15.2 Å². The standard InChI is InChI=1S/C10H18ClNO4/c1-7(2)3-8(4-9(13)14)5-12-10(15)16-6-11/h7-8H,3-6H2,1-2H3,(H,12,15)(H,13,14)/t8-/m0/s1. The molecule has 16 heavy (non-hydrogen) atoms. The van der Waals surface area contributed by atoms with Gasteiger partial charge in [0.05, 0.1) is 0 Å². The molecule has 0 aromatic carbocycles. The van der Waals surface area contributed by atoms with Gasteiger partial charge >= 0.3 is 12.1 Å². The maximum atomic E-state index is 11.0. The van der Waals surface area contributed by atoms with Crippen molar-refractivity contribution in [1.82, 2.24) is 5.32 Å². The SMILES string of the molecule is CC(C)C[C@H](CNC(=O)OCCl)CC(=O)O. The Labute approximate surface area is 100 Å². The molecular weight excluding hydrogens is 234 g/mol. The Kier molecular flexibility index (Phi) is 7.72. The van der Waals surface area contributed by atoms with E-state index in [-0.39, 0.29) is 18.4 Å². The second-order valence-corrected chi connectivity index (χ2v) is 4.23.